The number of rotatable bonds is 6. The number of nitrogens with zero attached hydrogens (tertiary/aromatic N) is 1. The van der Waals surface area contributed by atoms with Crippen molar-refractivity contribution in [3.8, 4) is 0 Å². The molecule has 7 heteroatoms. The van der Waals surface area contributed by atoms with Crippen molar-refractivity contribution in [1.82, 2.24) is 4.90 Å². The highest BCUT2D eigenvalue weighted by molar-refractivity contribution is 7.99. The number of carboxylic acid groups (broad SMARTS) is 1. The second-order valence-corrected chi connectivity index (χ2v) is 7.72. The van der Waals surface area contributed by atoms with Crippen LogP contribution in [0, 0.1) is 0 Å². The quantitative estimate of drug-likeness (QED) is 0.706. The first kappa shape index (κ1) is 14.8. The summed E-state index contributed by atoms with van der Waals surface area (Å²) in [6.45, 7) is 3.30. The summed E-state index contributed by atoms with van der Waals surface area (Å²) in [7, 11) is -3.05. The Morgan fingerprint density at radius 2 is 2.24 bits per heavy atom. The lowest BCUT2D eigenvalue weighted by atomic mass is 10.2. The summed E-state index contributed by atoms with van der Waals surface area (Å²) in [6.07, 6.45) is -0.0873. The summed E-state index contributed by atoms with van der Waals surface area (Å²) < 4.78 is 23.0. The van der Waals surface area contributed by atoms with Crippen molar-refractivity contribution in [2.45, 2.75) is 19.4 Å². The van der Waals surface area contributed by atoms with E-state index in [1.165, 1.54) is 0 Å². The molecule has 100 valence electrons. The maximum atomic E-state index is 11.5. The highest BCUT2D eigenvalue weighted by Crippen LogP contribution is 2.15. The van der Waals surface area contributed by atoms with E-state index in [4.69, 9.17) is 5.11 Å². The number of aliphatic carboxylic acids is 1. The summed E-state index contributed by atoms with van der Waals surface area (Å²) in [5.74, 6) is 1.15. The zero-order valence-electron chi connectivity index (χ0n) is 9.96. The zero-order valence-corrected chi connectivity index (χ0v) is 11.6. The van der Waals surface area contributed by atoms with Gasteiger partial charge in [-0.3, -0.25) is 9.69 Å². The van der Waals surface area contributed by atoms with Gasteiger partial charge in [-0.25, -0.2) is 8.42 Å². The lowest BCUT2D eigenvalue weighted by Crippen LogP contribution is -2.50. The van der Waals surface area contributed by atoms with Gasteiger partial charge in [-0.1, -0.05) is 6.92 Å². The Bertz CT molecular complexity index is 355. The molecule has 1 aliphatic heterocycles. The van der Waals surface area contributed by atoms with Crippen molar-refractivity contribution in [3.63, 3.8) is 0 Å². The van der Waals surface area contributed by atoms with Crippen LogP contribution in [0.3, 0.4) is 0 Å². The van der Waals surface area contributed by atoms with Gasteiger partial charge in [0, 0.05) is 24.9 Å². The summed E-state index contributed by atoms with van der Waals surface area (Å²) in [5.41, 5.74) is 0. The molecule has 0 saturated carbocycles. The fraction of sp³-hybridized carbons (Fsp3) is 0.900. The molecule has 0 spiro atoms. The van der Waals surface area contributed by atoms with Gasteiger partial charge < -0.3 is 5.11 Å². The van der Waals surface area contributed by atoms with E-state index in [-0.39, 0.29) is 24.0 Å². The predicted octanol–water partition coefficient (Wildman–Crippen LogP) is 0.313. The van der Waals surface area contributed by atoms with E-state index in [9.17, 15) is 13.2 Å². The van der Waals surface area contributed by atoms with Crippen molar-refractivity contribution in [2.75, 3.05) is 36.1 Å². The molecule has 1 N–H and O–H groups in total. The first-order chi connectivity index (χ1) is 7.94. The van der Waals surface area contributed by atoms with Gasteiger partial charge in [-0.15, -0.1) is 0 Å². The van der Waals surface area contributed by atoms with Crippen LogP contribution < -0.4 is 0 Å². The number of carbonyl (C=O) groups is 1. The Balaban J connectivity index is 2.57. The van der Waals surface area contributed by atoms with E-state index in [1.54, 1.807) is 11.8 Å². The van der Waals surface area contributed by atoms with E-state index in [0.29, 0.717) is 6.54 Å². The van der Waals surface area contributed by atoms with Crippen LogP contribution in [-0.2, 0) is 14.6 Å². The highest BCUT2D eigenvalue weighted by Gasteiger charge is 2.32. The zero-order chi connectivity index (χ0) is 12.9. The molecule has 0 radical (unpaired) electrons. The molecule has 1 unspecified atom stereocenters. The molecule has 0 aromatic carbocycles. The maximum absolute atomic E-state index is 11.5. The molecule has 0 bridgehead atoms. The molecule has 1 aliphatic rings. The van der Waals surface area contributed by atoms with Gasteiger partial charge in [0.25, 0.3) is 0 Å². The molecule has 1 fully saturated rings. The molecule has 1 heterocycles. The van der Waals surface area contributed by atoms with Crippen LogP contribution in [0.2, 0.25) is 0 Å². The van der Waals surface area contributed by atoms with E-state index < -0.39 is 15.8 Å². The maximum Gasteiger partial charge on any atom is 0.304 e. The van der Waals surface area contributed by atoms with Crippen LogP contribution in [0.25, 0.3) is 0 Å². The fourth-order valence-corrected chi connectivity index (χ4v) is 4.18. The Morgan fingerprint density at radius 3 is 2.82 bits per heavy atom. The third-order valence-corrected chi connectivity index (χ3v) is 5.37. The molecule has 0 aromatic rings. The smallest absolute Gasteiger partial charge is 0.304 e. The molecule has 17 heavy (non-hydrogen) atoms. The van der Waals surface area contributed by atoms with Crippen LogP contribution >= 0.6 is 11.8 Å². The third-order valence-electron chi connectivity index (χ3n) is 2.79. The highest BCUT2D eigenvalue weighted by atomic mass is 32.2. The first-order valence-corrected chi connectivity index (χ1v) is 8.66. The number of hydrogen-bond donors (Lipinski definition) is 1. The van der Waals surface area contributed by atoms with Crippen molar-refractivity contribution < 1.29 is 18.3 Å². The SMILES string of the molecule is CCSCCN1CCS(=O)(=O)CC1CC(=O)O. The molecule has 0 aromatic heterocycles. The molecule has 1 atom stereocenters. The van der Waals surface area contributed by atoms with Crippen molar-refractivity contribution in [1.29, 1.82) is 0 Å². The Kier molecular flexibility index (Phi) is 5.75. The first-order valence-electron chi connectivity index (χ1n) is 5.68. The molecule has 1 saturated heterocycles. The Hall–Kier alpha value is -0.270. The van der Waals surface area contributed by atoms with Gasteiger partial charge in [0.2, 0.25) is 0 Å². The van der Waals surface area contributed by atoms with Crippen LogP contribution in [0.4, 0.5) is 0 Å². The largest absolute Gasteiger partial charge is 0.481 e. The number of sulfone groups is 1. The minimum Gasteiger partial charge on any atom is -0.481 e. The minimum absolute atomic E-state index is 0.0178. The standard InChI is InChI=1S/C10H19NO4S2/c1-2-16-5-3-11-4-6-17(14,15)8-9(11)7-10(12)13/h9H,2-8H2,1H3,(H,12,13). The van der Waals surface area contributed by atoms with Crippen LogP contribution in [-0.4, -0.2) is 66.5 Å². The van der Waals surface area contributed by atoms with Crippen LogP contribution in [0.15, 0.2) is 0 Å². The molecule has 0 amide bonds. The summed E-state index contributed by atoms with van der Waals surface area (Å²) in [5, 5.41) is 8.80. The van der Waals surface area contributed by atoms with E-state index in [0.717, 1.165) is 18.1 Å². The fourth-order valence-electron chi connectivity index (χ4n) is 1.93. The monoisotopic (exact) mass is 281 g/mol. The summed E-state index contributed by atoms with van der Waals surface area (Å²) >= 11 is 1.78. The Labute approximate surface area is 106 Å². The van der Waals surface area contributed by atoms with E-state index in [1.807, 2.05) is 4.90 Å². The van der Waals surface area contributed by atoms with Crippen molar-refractivity contribution >= 4 is 27.6 Å². The third kappa shape index (κ3) is 5.27. The number of thioether (sulfide) groups is 1. The van der Waals surface area contributed by atoms with Crippen molar-refractivity contribution in [2.24, 2.45) is 0 Å². The number of hydrogen-bond acceptors (Lipinski definition) is 5. The van der Waals surface area contributed by atoms with E-state index >= 15 is 0 Å². The van der Waals surface area contributed by atoms with Gasteiger partial charge in [-0.2, -0.15) is 11.8 Å². The lowest BCUT2D eigenvalue weighted by Gasteiger charge is -2.34. The minimum atomic E-state index is -3.05. The topological polar surface area (TPSA) is 74.7 Å². The second kappa shape index (κ2) is 6.61. The molecule has 5 nitrogen and oxygen atoms in total. The Morgan fingerprint density at radius 1 is 1.53 bits per heavy atom. The normalized spacial score (nSPS) is 24.6. The molecule has 0 aliphatic carbocycles. The lowest BCUT2D eigenvalue weighted by molar-refractivity contribution is -0.138. The van der Waals surface area contributed by atoms with Gasteiger partial charge in [0.1, 0.15) is 0 Å². The summed E-state index contributed by atoms with van der Waals surface area (Å²) in [6, 6.07) is -0.358. The molecular weight excluding hydrogens is 262 g/mol. The van der Waals surface area contributed by atoms with E-state index in [2.05, 4.69) is 6.92 Å². The van der Waals surface area contributed by atoms with Gasteiger partial charge in [0.15, 0.2) is 9.84 Å². The average molecular weight is 281 g/mol. The summed E-state index contributed by atoms with van der Waals surface area (Å²) in [4.78, 5) is 12.7. The molecular formula is C10H19NO4S2. The van der Waals surface area contributed by atoms with Crippen LogP contribution in [0.1, 0.15) is 13.3 Å². The average Bonchev–Trinajstić information content (AvgIpc) is 2.20. The number of carboxylic acids is 1. The van der Waals surface area contributed by atoms with Gasteiger partial charge in [-0.05, 0) is 5.75 Å². The van der Waals surface area contributed by atoms with Crippen LogP contribution in [0.5, 0.6) is 0 Å². The predicted molar refractivity (Wildman–Crippen MR) is 69.3 cm³/mol. The molecule has 1 rings (SSSR count). The second-order valence-electron chi connectivity index (χ2n) is 4.10. The van der Waals surface area contributed by atoms with Crippen molar-refractivity contribution in [3.05, 3.63) is 0 Å². The van der Waals surface area contributed by atoms with Gasteiger partial charge in [0.05, 0.1) is 17.9 Å². The van der Waals surface area contributed by atoms with Gasteiger partial charge >= 0.3 is 5.97 Å².